The number of hydrogen-bond donors (Lipinski definition) is 2. The molecule has 0 fully saturated rings. The minimum atomic E-state index is -1.10. The number of rotatable bonds is 4. The number of amides is 3. The highest BCUT2D eigenvalue weighted by Crippen LogP contribution is 2.29. The average molecular weight is 388 g/mol. The number of ether oxygens (including phenoxy) is 1. The van der Waals surface area contributed by atoms with Crippen molar-refractivity contribution in [2.24, 2.45) is 0 Å². The summed E-state index contributed by atoms with van der Waals surface area (Å²) in [5, 5.41) is 6.59. The number of aryl methyl sites for hydroxylation is 1. The molecule has 0 radical (unpaired) electrons. The van der Waals surface area contributed by atoms with Crippen LogP contribution in [0.15, 0.2) is 35.7 Å². The summed E-state index contributed by atoms with van der Waals surface area (Å²) in [7, 11) is 0. The van der Waals surface area contributed by atoms with Crippen LogP contribution in [0, 0.1) is 6.92 Å². The summed E-state index contributed by atoms with van der Waals surface area (Å²) < 4.78 is 5.25. The van der Waals surface area contributed by atoms with E-state index in [1.54, 1.807) is 26.2 Å². The minimum absolute atomic E-state index is 0.414. The second-order valence-corrected chi connectivity index (χ2v) is 8.19. The van der Waals surface area contributed by atoms with Gasteiger partial charge in [0, 0.05) is 11.1 Å². The lowest BCUT2D eigenvalue weighted by molar-refractivity contribution is -0.127. The molecule has 144 valence electrons. The van der Waals surface area contributed by atoms with Crippen molar-refractivity contribution in [2.45, 2.75) is 46.3 Å². The van der Waals surface area contributed by atoms with Crippen LogP contribution in [0.4, 0.5) is 4.79 Å². The Labute approximate surface area is 162 Å². The van der Waals surface area contributed by atoms with Gasteiger partial charge in [-0.05, 0) is 51.6 Å². The first kappa shape index (κ1) is 20.6. The summed E-state index contributed by atoms with van der Waals surface area (Å²) in [4.78, 5) is 36.8. The zero-order chi connectivity index (χ0) is 20.2. The zero-order valence-electron chi connectivity index (χ0n) is 16.1. The molecule has 0 bridgehead atoms. The highest BCUT2D eigenvalue weighted by molar-refractivity contribution is 7.12. The van der Waals surface area contributed by atoms with E-state index in [4.69, 9.17) is 4.74 Å². The predicted octanol–water partition coefficient (Wildman–Crippen LogP) is 3.89. The molecular formula is C20H24N2O4S. The SMILES string of the molecule is Cc1ccc(-c2ccsc2C(=O)O[C@@H](C)C(=O)NC(=O)NC(C)(C)C)cc1. The molecule has 1 aromatic heterocycles. The number of nitrogens with one attached hydrogen (secondary N) is 2. The van der Waals surface area contributed by atoms with E-state index < -0.39 is 29.6 Å². The molecular weight excluding hydrogens is 364 g/mol. The molecule has 0 aliphatic carbocycles. The molecule has 0 aliphatic heterocycles. The van der Waals surface area contributed by atoms with E-state index in [9.17, 15) is 14.4 Å². The van der Waals surface area contributed by atoms with E-state index in [1.807, 2.05) is 37.3 Å². The third kappa shape index (κ3) is 5.92. The lowest BCUT2D eigenvalue weighted by atomic mass is 10.1. The first-order valence-corrected chi connectivity index (χ1v) is 9.43. The Balaban J connectivity index is 2.03. The van der Waals surface area contributed by atoms with Crippen molar-refractivity contribution in [3.05, 3.63) is 46.2 Å². The van der Waals surface area contributed by atoms with Crippen molar-refractivity contribution in [1.82, 2.24) is 10.6 Å². The summed E-state index contributed by atoms with van der Waals surface area (Å²) in [5.41, 5.74) is 2.29. The summed E-state index contributed by atoms with van der Waals surface area (Å²) in [6.07, 6.45) is -1.10. The standard InChI is InChI=1S/C20H24N2O4S/c1-12-6-8-14(9-7-12)15-10-11-27-16(15)18(24)26-13(2)17(23)21-19(25)22-20(3,4)5/h6-11,13H,1-5H3,(H2,21,22,23,25)/t13-/m0/s1. The topological polar surface area (TPSA) is 84.5 Å². The van der Waals surface area contributed by atoms with Gasteiger partial charge in [0.1, 0.15) is 4.88 Å². The molecule has 0 aliphatic rings. The van der Waals surface area contributed by atoms with Crippen molar-refractivity contribution in [1.29, 1.82) is 0 Å². The first-order chi connectivity index (χ1) is 12.6. The van der Waals surface area contributed by atoms with Crippen LogP contribution in [-0.2, 0) is 9.53 Å². The molecule has 2 rings (SSSR count). The molecule has 7 heteroatoms. The fourth-order valence-electron chi connectivity index (χ4n) is 2.28. The number of thiophene rings is 1. The molecule has 3 amide bonds. The number of esters is 1. The smallest absolute Gasteiger partial charge is 0.349 e. The lowest BCUT2D eigenvalue weighted by Crippen LogP contribution is -2.50. The molecule has 1 heterocycles. The van der Waals surface area contributed by atoms with Gasteiger partial charge in [-0.1, -0.05) is 29.8 Å². The van der Waals surface area contributed by atoms with Crippen molar-refractivity contribution >= 4 is 29.2 Å². The van der Waals surface area contributed by atoms with Crippen LogP contribution in [-0.4, -0.2) is 29.6 Å². The quantitative estimate of drug-likeness (QED) is 0.778. The van der Waals surface area contributed by atoms with Crippen LogP contribution in [0.25, 0.3) is 11.1 Å². The fraction of sp³-hybridized carbons (Fsp3) is 0.350. The number of imide groups is 1. The number of urea groups is 1. The molecule has 27 heavy (non-hydrogen) atoms. The van der Waals surface area contributed by atoms with Crippen LogP contribution in [0.3, 0.4) is 0 Å². The molecule has 1 aromatic carbocycles. The second kappa shape index (κ2) is 8.35. The molecule has 2 N–H and O–H groups in total. The highest BCUT2D eigenvalue weighted by atomic mass is 32.1. The Bertz CT molecular complexity index is 834. The van der Waals surface area contributed by atoms with Crippen LogP contribution in [0.2, 0.25) is 0 Å². The molecule has 0 saturated heterocycles. The third-order valence-electron chi connectivity index (χ3n) is 3.59. The van der Waals surface area contributed by atoms with Gasteiger partial charge in [-0.25, -0.2) is 9.59 Å². The first-order valence-electron chi connectivity index (χ1n) is 8.55. The van der Waals surface area contributed by atoms with Gasteiger partial charge in [0.15, 0.2) is 6.10 Å². The Kier molecular flexibility index (Phi) is 6.38. The Morgan fingerprint density at radius 3 is 2.30 bits per heavy atom. The Morgan fingerprint density at radius 1 is 1.07 bits per heavy atom. The molecule has 2 aromatic rings. The van der Waals surface area contributed by atoms with Crippen molar-refractivity contribution in [3.63, 3.8) is 0 Å². The van der Waals surface area contributed by atoms with Crippen LogP contribution in [0.5, 0.6) is 0 Å². The Hall–Kier alpha value is -2.67. The van der Waals surface area contributed by atoms with E-state index in [1.165, 1.54) is 18.3 Å². The number of hydrogen-bond acceptors (Lipinski definition) is 5. The molecule has 1 atom stereocenters. The largest absolute Gasteiger partial charge is 0.448 e. The van der Waals surface area contributed by atoms with Gasteiger partial charge in [-0.3, -0.25) is 10.1 Å². The van der Waals surface area contributed by atoms with Crippen LogP contribution >= 0.6 is 11.3 Å². The number of carbonyl (C=O) groups is 3. The van der Waals surface area contributed by atoms with Gasteiger partial charge in [0.2, 0.25) is 0 Å². The fourth-order valence-corrected chi connectivity index (χ4v) is 3.08. The van der Waals surface area contributed by atoms with Crippen molar-refractivity contribution in [3.8, 4) is 11.1 Å². The maximum atomic E-state index is 12.5. The van der Waals surface area contributed by atoms with Crippen LogP contribution in [0.1, 0.15) is 42.9 Å². The summed E-state index contributed by atoms with van der Waals surface area (Å²) in [6.45, 7) is 8.80. The number of benzene rings is 1. The minimum Gasteiger partial charge on any atom is -0.448 e. The van der Waals surface area contributed by atoms with Gasteiger partial charge in [-0.2, -0.15) is 0 Å². The van der Waals surface area contributed by atoms with Crippen molar-refractivity contribution < 1.29 is 19.1 Å². The van der Waals surface area contributed by atoms with E-state index >= 15 is 0 Å². The Morgan fingerprint density at radius 2 is 1.70 bits per heavy atom. The second-order valence-electron chi connectivity index (χ2n) is 7.27. The molecule has 6 nitrogen and oxygen atoms in total. The molecule has 0 saturated carbocycles. The van der Waals surface area contributed by atoms with Gasteiger partial charge in [0.05, 0.1) is 0 Å². The van der Waals surface area contributed by atoms with Gasteiger partial charge >= 0.3 is 12.0 Å². The van der Waals surface area contributed by atoms with E-state index in [-0.39, 0.29) is 0 Å². The predicted molar refractivity (Wildman–Crippen MR) is 106 cm³/mol. The summed E-state index contributed by atoms with van der Waals surface area (Å²) in [6, 6.07) is 9.00. The average Bonchev–Trinajstić information content (AvgIpc) is 3.03. The maximum absolute atomic E-state index is 12.5. The lowest BCUT2D eigenvalue weighted by Gasteiger charge is -2.21. The normalized spacial score (nSPS) is 12.2. The third-order valence-corrected chi connectivity index (χ3v) is 4.49. The maximum Gasteiger partial charge on any atom is 0.349 e. The van der Waals surface area contributed by atoms with E-state index in [0.717, 1.165) is 16.7 Å². The van der Waals surface area contributed by atoms with Crippen LogP contribution < -0.4 is 10.6 Å². The molecule has 0 spiro atoms. The van der Waals surface area contributed by atoms with Gasteiger partial charge in [0.25, 0.3) is 5.91 Å². The van der Waals surface area contributed by atoms with Gasteiger partial charge in [-0.15, -0.1) is 11.3 Å². The van der Waals surface area contributed by atoms with Crippen molar-refractivity contribution in [2.75, 3.05) is 0 Å². The monoisotopic (exact) mass is 388 g/mol. The van der Waals surface area contributed by atoms with E-state index in [0.29, 0.717) is 4.88 Å². The van der Waals surface area contributed by atoms with E-state index in [2.05, 4.69) is 10.6 Å². The zero-order valence-corrected chi connectivity index (χ0v) is 16.9. The summed E-state index contributed by atoms with van der Waals surface area (Å²) >= 11 is 1.25. The summed E-state index contributed by atoms with van der Waals surface area (Å²) in [5.74, 6) is -1.28. The highest BCUT2D eigenvalue weighted by Gasteiger charge is 2.24. The van der Waals surface area contributed by atoms with Gasteiger partial charge < -0.3 is 10.1 Å². The molecule has 0 unspecified atom stereocenters. The number of carbonyl (C=O) groups excluding carboxylic acids is 3.